The van der Waals surface area contributed by atoms with Crippen LogP contribution >= 0.6 is 47.8 Å². The number of imidazole rings is 3. The third-order valence-corrected chi connectivity index (χ3v) is 15.7. The molecule has 0 bridgehead atoms. The molecule has 0 aliphatic carbocycles. The van der Waals surface area contributed by atoms with Crippen molar-refractivity contribution in [2.45, 2.75) is 56.1 Å². The van der Waals surface area contributed by atoms with Gasteiger partial charge in [-0.1, -0.05) is 0 Å². The predicted molar refractivity (Wildman–Crippen MR) is 312 cm³/mol. The molecule has 22 heteroatoms. The van der Waals surface area contributed by atoms with Gasteiger partial charge in [-0.3, -0.25) is 14.7 Å². The third kappa shape index (κ3) is 14.0. The molecule has 3 aliphatic heterocycles. The first-order valence-corrected chi connectivity index (χ1v) is 29.0. The quantitative estimate of drug-likeness (QED) is 0.0445. The normalized spacial score (nSPS) is 17.9. The van der Waals surface area contributed by atoms with Crippen LogP contribution in [-0.2, 0) is 4.74 Å². The Kier molecular flexibility index (Phi) is 17.9. The van der Waals surface area contributed by atoms with Gasteiger partial charge in [-0.2, -0.15) is 0 Å². The summed E-state index contributed by atoms with van der Waals surface area (Å²) in [5.74, 6) is 4.31. The van der Waals surface area contributed by atoms with Gasteiger partial charge in [-0.25, -0.2) is 29.9 Å². The van der Waals surface area contributed by atoms with Gasteiger partial charge in [0.2, 0.25) is 0 Å². The lowest BCUT2D eigenvalue weighted by Gasteiger charge is -2.40. The van der Waals surface area contributed by atoms with E-state index in [0.717, 1.165) is 158 Å². The molecule has 19 nitrogen and oxygen atoms in total. The van der Waals surface area contributed by atoms with Gasteiger partial charge in [0.05, 0.1) is 19.3 Å². The molecule has 3 fully saturated rings. The number of aliphatic hydroxyl groups excluding tert-OH is 3. The third-order valence-electron chi connectivity index (χ3n) is 14.4. The van der Waals surface area contributed by atoms with Crippen molar-refractivity contribution in [1.29, 1.82) is 0 Å². The summed E-state index contributed by atoms with van der Waals surface area (Å²) in [6, 6.07) is 28.8. The molecule has 0 saturated carbocycles. The van der Waals surface area contributed by atoms with Crippen LogP contribution in [0, 0.1) is 0 Å². The Hall–Kier alpha value is -5.92. The number of H-pyrrole nitrogens is 3. The highest BCUT2D eigenvalue weighted by molar-refractivity contribution is 9.11. The average Bonchev–Trinajstić information content (AvgIpc) is 4.41. The number of aliphatic hydroxyl groups is 3. The zero-order valence-electron chi connectivity index (χ0n) is 43.2. The monoisotopic (exact) mass is 1260 g/mol. The Balaban J connectivity index is 0.000000205. The van der Waals surface area contributed by atoms with Crippen LogP contribution in [0.25, 0.3) is 67.7 Å². The van der Waals surface area contributed by atoms with E-state index >= 15 is 0 Å². The van der Waals surface area contributed by atoms with E-state index in [4.69, 9.17) is 18.9 Å². The van der Waals surface area contributed by atoms with E-state index in [2.05, 4.69) is 107 Å². The van der Waals surface area contributed by atoms with Crippen molar-refractivity contribution in [2.75, 3.05) is 78.8 Å². The largest absolute Gasteiger partial charge is 0.491 e. The Morgan fingerprint density at radius 3 is 1.39 bits per heavy atom. The molecule has 9 heterocycles. The zero-order valence-corrected chi connectivity index (χ0v) is 48.0. The summed E-state index contributed by atoms with van der Waals surface area (Å²) in [6.45, 7) is 7.62. The second kappa shape index (κ2) is 25.7. The first-order chi connectivity index (χ1) is 38.5. The number of pyridine rings is 3. The lowest BCUT2D eigenvalue weighted by atomic mass is 9.98. The first kappa shape index (κ1) is 55.0. The standard InChI is InChI=1S/C38H40Br2N8O4.C19H21BrN4O3/c39-25-16-30-37(41-18-25)45-35(43-30)23-5-9-28(10-6-23)51-21-27(49)20-48-15-3-4-32(48)34(47-13-1-2-14-47)33(50)22-52-29-11-7-24(8-12-29)36-44-31-17-26(40)19-42-38(31)46-36;20-14-9-17-19(21-10-14)23-18(22-17)13-1-3-16(4-2-13)27-12-15(25)11-24-5-7-26-8-6-24/h5-12,16-19,27,32-34,49-50H,1-4,13-15,20-22H2,(H,41,43,45)(H,42,44,46);1-4,9-10,15,25H,5-8,11-12H2,(H,21,22,23). The second-order valence-corrected chi connectivity index (χ2v) is 22.8. The highest BCUT2D eigenvalue weighted by Crippen LogP contribution is 2.31. The fourth-order valence-corrected chi connectivity index (χ4v) is 11.5. The first-order valence-electron chi connectivity index (χ1n) is 26.6. The van der Waals surface area contributed by atoms with Crippen LogP contribution in [0.1, 0.15) is 25.7 Å². The van der Waals surface area contributed by atoms with E-state index in [1.54, 1.807) is 18.6 Å². The predicted octanol–water partition coefficient (Wildman–Crippen LogP) is 8.66. The van der Waals surface area contributed by atoms with Gasteiger partial charge in [0.1, 0.15) is 89.4 Å². The molecule has 5 unspecified atom stereocenters. The van der Waals surface area contributed by atoms with Gasteiger partial charge < -0.3 is 49.2 Å². The van der Waals surface area contributed by atoms with E-state index in [1.165, 1.54) is 0 Å². The molecular weight excluding hydrogens is 1200 g/mol. The highest BCUT2D eigenvalue weighted by atomic mass is 79.9. The van der Waals surface area contributed by atoms with E-state index in [-0.39, 0.29) is 31.9 Å². The summed E-state index contributed by atoms with van der Waals surface area (Å²) < 4.78 is 25.9. The van der Waals surface area contributed by atoms with Gasteiger partial charge in [0.25, 0.3) is 0 Å². The average molecular weight is 1270 g/mol. The molecule has 3 aromatic carbocycles. The minimum atomic E-state index is -0.695. The van der Waals surface area contributed by atoms with Crippen molar-refractivity contribution in [3.05, 3.63) is 123 Å². The number of fused-ring (bicyclic) bond motifs is 3. The number of nitrogens with one attached hydrogen (secondary N) is 3. The fourth-order valence-electron chi connectivity index (χ4n) is 10.5. The number of likely N-dealkylation sites (tertiary alicyclic amines) is 2. The molecule has 9 aromatic rings. The summed E-state index contributed by atoms with van der Waals surface area (Å²) in [7, 11) is 0. The molecular formula is C57H61Br3N12O7. The van der Waals surface area contributed by atoms with Gasteiger partial charge in [-0.05, 0) is 184 Å². The molecule has 3 saturated heterocycles. The number of nitrogens with zero attached hydrogens (tertiary/aromatic N) is 9. The lowest BCUT2D eigenvalue weighted by molar-refractivity contribution is -0.0206. The van der Waals surface area contributed by atoms with Crippen LogP contribution in [0.15, 0.2) is 123 Å². The summed E-state index contributed by atoms with van der Waals surface area (Å²) >= 11 is 10.3. The fraction of sp³-hybridized carbons (Fsp3) is 0.368. The van der Waals surface area contributed by atoms with Gasteiger partial charge in [0.15, 0.2) is 16.9 Å². The van der Waals surface area contributed by atoms with Crippen molar-refractivity contribution >= 4 is 81.3 Å². The molecule has 0 radical (unpaired) electrons. The number of morpholine rings is 1. The smallest absolute Gasteiger partial charge is 0.157 e. The number of benzene rings is 3. The summed E-state index contributed by atoms with van der Waals surface area (Å²) in [5, 5.41) is 32.9. The number of β-amino-alcohol motifs (C(OH)–C–C–N with tert-alkyl or cyclic N) is 2. The number of ether oxygens (including phenoxy) is 4. The maximum absolute atomic E-state index is 11.7. The molecule has 5 atom stereocenters. The van der Waals surface area contributed by atoms with Crippen LogP contribution in [0.5, 0.6) is 17.2 Å². The van der Waals surface area contributed by atoms with E-state index in [1.807, 2.05) is 91.0 Å². The zero-order chi connectivity index (χ0) is 54.2. The Morgan fingerprint density at radius 1 is 0.532 bits per heavy atom. The van der Waals surface area contributed by atoms with Crippen LogP contribution in [-0.4, -0.2) is 184 Å². The van der Waals surface area contributed by atoms with Crippen molar-refractivity contribution in [2.24, 2.45) is 0 Å². The number of hydrogen-bond acceptors (Lipinski definition) is 16. The SMILES string of the molecule is OC(COc1ccc(-c2nc3cc(Br)cnc3[nH]2)cc1)CN1CCCC1C(C(O)COc1ccc(-c2nc3cc(Br)cnc3[nH]2)cc1)N1CCCC1.OC(COc1ccc(-c2nc3cc(Br)cnc3[nH]2)cc1)CN1CCOCC1. The maximum Gasteiger partial charge on any atom is 0.157 e. The molecule has 6 aromatic heterocycles. The minimum Gasteiger partial charge on any atom is -0.491 e. The minimum absolute atomic E-state index is 0.0955. The van der Waals surface area contributed by atoms with E-state index < -0.39 is 18.3 Å². The number of hydrogen-bond donors (Lipinski definition) is 6. The van der Waals surface area contributed by atoms with Crippen LogP contribution in [0.3, 0.4) is 0 Å². The number of halogens is 3. The Labute approximate surface area is 481 Å². The van der Waals surface area contributed by atoms with Gasteiger partial charge >= 0.3 is 0 Å². The number of aromatic amines is 3. The molecule has 0 spiro atoms. The Bertz CT molecular complexity index is 3430. The van der Waals surface area contributed by atoms with E-state index in [0.29, 0.717) is 24.6 Å². The van der Waals surface area contributed by atoms with Crippen molar-refractivity contribution in [1.82, 2.24) is 59.6 Å². The number of rotatable bonds is 19. The Morgan fingerprint density at radius 2 is 0.949 bits per heavy atom. The van der Waals surface area contributed by atoms with Gasteiger partial charge in [0, 0.05) is 80.9 Å². The molecule has 3 aliphatic rings. The molecule has 79 heavy (non-hydrogen) atoms. The van der Waals surface area contributed by atoms with E-state index in [9.17, 15) is 15.3 Å². The van der Waals surface area contributed by atoms with Crippen molar-refractivity contribution in [3.63, 3.8) is 0 Å². The molecule has 6 N–H and O–H groups in total. The lowest BCUT2D eigenvalue weighted by Crippen LogP contribution is -2.57. The topological polar surface area (TPSA) is 232 Å². The van der Waals surface area contributed by atoms with Crippen LogP contribution in [0.4, 0.5) is 0 Å². The maximum atomic E-state index is 11.7. The summed E-state index contributed by atoms with van der Waals surface area (Å²) in [4.78, 5) is 43.6. The van der Waals surface area contributed by atoms with Crippen LogP contribution < -0.4 is 14.2 Å². The molecule has 0 amide bonds. The molecule has 412 valence electrons. The number of aromatic nitrogens is 9. The summed E-state index contributed by atoms with van der Waals surface area (Å²) in [5.41, 5.74) is 7.39. The van der Waals surface area contributed by atoms with Crippen molar-refractivity contribution in [3.8, 4) is 51.4 Å². The van der Waals surface area contributed by atoms with Gasteiger partial charge in [-0.15, -0.1) is 0 Å². The molecule has 12 rings (SSSR count). The van der Waals surface area contributed by atoms with Crippen molar-refractivity contribution < 1.29 is 34.3 Å². The highest BCUT2D eigenvalue weighted by Gasteiger charge is 2.41. The summed E-state index contributed by atoms with van der Waals surface area (Å²) in [6.07, 6.45) is 7.53. The van der Waals surface area contributed by atoms with Crippen LogP contribution in [0.2, 0.25) is 0 Å². The second-order valence-electron chi connectivity index (χ2n) is 20.1.